The summed E-state index contributed by atoms with van der Waals surface area (Å²) in [7, 11) is 2.92. The van der Waals surface area contributed by atoms with E-state index in [-0.39, 0.29) is 67.0 Å². The van der Waals surface area contributed by atoms with E-state index in [1.165, 1.54) is 7.11 Å². The van der Waals surface area contributed by atoms with E-state index in [0.29, 0.717) is 68.9 Å². The maximum atomic E-state index is 14.3. The number of aliphatic hydroxyl groups is 3. The Bertz CT molecular complexity index is 1780. The minimum atomic E-state index is -2.52. The fourth-order valence-corrected chi connectivity index (χ4v) is 9.73. The second-order valence-electron chi connectivity index (χ2n) is 19.2. The molecule has 3 aliphatic heterocycles. The zero-order valence-electron chi connectivity index (χ0n) is 39.5. The number of hydrogen-bond donors (Lipinski definition) is 3. The molecular weight excluding hydrogens is 823 g/mol. The number of carbonyl (C=O) groups excluding carboxylic acids is 6. The highest BCUT2D eigenvalue weighted by Crippen LogP contribution is 2.37. The van der Waals surface area contributed by atoms with Gasteiger partial charge in [0.05, 0.1) is 18.3 Å². The summed E-state index contributed by atoms with van der Waals surface area (Å²) in [6, 6.07) is -1.17. The van der Waals surface area contributed by atoms with Crippen molar-refractivity contribution in [1.82, 2.24) is 4.90 Å². The fourth-order valence-electron chi connectivity index (χ4n) is 9.73. The minimum Gasteiger partial charge on any atom is -0.460 e. The van der Waals surface area contributed by atoms with Gasteiger partial charge in [-0.3, -0.25) is 24.0 Å². The highest BCUT2D eigenvalue weighted by atomic mass is 16.6. The second kappa shape index (κ2) is 24.2. The molecule has 3 heterocycles. The van der Waals surface area contributed by atoms with E-state index in [9.17, 15) is 44.1 Å². The quantitative estimate of drug-likeness (QED) is 0.172. The molecule has 64 heavy (non-hydrogen) atoms. The Morgan fingerprint density at radius 2 is 1.59 bits per heavy atom. The molecule has 1 saturated carbocycles. The number of carbonyl (C=O) groups is 6. The molecule has 0 aromatic rings. The van der Waals surface area contributed by atoms with Crippen molar-refractivity contribution < 1.29 is 63.0 Å². The molecule has 1 amide bonds. The molecule has 14 nitrogen and oxygen atoms in total. The minimum absolute atomic E-state index is 0.0224. The lowest BCUT2D eigenvalue weighted by molar-refractivity contribution is -0.262. The summed E-state index contributed by atoms with van der Waals surface area (Å²) in [5.41, 5.74) is 0.799. The van der Waals surface area contributed by atoms with Crippen LogP contribution in [0.3, 0.4) is 0 Å². The van der Waals surface area contributed by atoms with Crippen molar-refractivity contribution in [3.05, 3.63) is 47.6 Å². The van der Waals surface area contributed by atoms with Crippen LogP contribution >= 0.6 is 0 Å². The predicted octanol–water partition coefficient (Wildman–Crippen LogP) is 5.73. The molecule has 2 saturated heterocycles. The molecule has 0 spiro atoms. The van der Waals surface area contributed by atoms with Gasteiger partial charge in [0.2, 0.25) is 5.79 Å². The van der Waals surface area contributed by atoms with Gasteiger partial charge < -0.3 is 39.2 Å². The van der Waals surface area contributed by atoms with Crippen molar-refractivity contribution in [2.45, 2.75) is 174 Å². The lowest BCUT2D eigenvalue weighted by atomic mass is 9.78. The predicted molar refractivity (Wildman–Crippen MR) is 239 cm³/mol. The van der Waals surface area contributed by atoms with Gasteiger partial charge in [-0.1, -0.05) is 71.1 Å². The van der Waals surface area contributed by atoms with Gasteiger partial charge in [-0.15, -0.1) is 0 Å². The monoisotopic (exact) mass is 898 g/mol. The first-order valence-electron chi connectivity index (χ1n) is 23.4. The van der Waals surface area contributed by atoms with Crippen LogP contribution in [0.4, 0.5) is 0 Å². The Morgan fingerprint density at radius 1 is 0.875 bits per heavy atom. The number of allylic oxidation sites excluding steroid dienone is 7. The van der Waals surface area contributed by atoms with Crippen LogP contribution in [0, 0.1) is 35.5 Å². The average Bonchev–Trinajstić information content (AvgIpc) is 3.26. The van der Waals surface area contributed by atoms with Crippen molar-refractivity contribution >= 4 is 35.0 Å². The van der Waals surface area contributed by atoms with Gasteiger partial charge in [-0.2, -0.15) is 0 Å². The number of rotatable bonds is 5. The van der Waals surface area contributed by atoms with Crippen LogP contribution in [-0.4, -0.2) is 124 Å². The number of piperidine rings is 1. The number of aliphatic hydroxyl groups excluding tert-OH is 2. The number of Topliss-reactive ketones (excluding diaryl/α,β-unsaturated/α-hetero) is 4. The molecule has 3 N–H and O–H groups in total. The number of hydrogen-bond acceptors (Lipinski definition) is 13. The van der Waals surface area contributed by atoms with Crippen LogP contribution in [0.15, 0.2) is 47.6 Å². The number of cyclic esters (lactones) is 1. The summed E-state index contributed by atoms with van der Waals surface area (Å²) in [4.78, 5) is 84.6. The van der Waals surface area contributed by atoms with Crippen molar-refractivity contribution in [3.8, 4) is 0 Å². The molecular formula is C50H75NO13. The summed E-state index contributed by atoms with van der Waals surface area (Å²) < 4.78 is 23.3. The second-order valence-corrected chi connectivity index (χ2v) is 19.2. The molecule has 1 aliphatic carbocycles. The molecule has 2 bridgehead atoms. The maximum absolute atomic E-state index is 14.3. The number of ketones is 4. The van der Waals surface area contributed by atoms with Crippen molar-refractivity contribution in [2.75, 3.05) is 20.8 Å². The zero-order chi connectivity index (χ0) is 47.5. The van der Waals surface area contributed by atoms with Gasteiger partial charge in [0.15, 0.2) is 11.6 Å². The number of methoxy groups -OCH3 is 2. The molecule has 358 valence electrons. The van der Waals surface area contributed by atoms with Crippen LogP contribution in [-0.2, 0) is 47.7 Å². The van der Waals surface area contributed by atoms with E-state index in [2.05, 4.69) is 0 Å². The number of ether oxygens (including phenoxy) is 4. The van der Waals surface area contributed by atoms with Crippen molar-refractivity contribution in [1.29, 1.82) is 0 Å². The molecule has 4 rings (SSSR count). The SMILES string of the molecule is CO[C@@H]1C[C@H](C[C@@H](C)C2CC(=O)[C@H](C)/C=C(\C)[C@@H](O)[C@@H](OC)C(=O)[C@H](C)C[C@H](C)/C=C/C=C/C=C(\C)C(=O)C[C@@H]3CC[C@@H](C)[C@@](O)(O3)C(=O)C(=O)N3CCCC[C@H]3C(=O)O2)CCC1O. The summed E-state index contributed by atoms with van der Waals surface area (Å²) in [5, 5.41) is 33.6. The normalized spacial score (nSPS) is 39.7. The first-order chi connectivity index (χ1) is 30.2. The Labute approximate surface area is 379 Å². The highest BCUT2D eigenvalue weighted by molar-refractivity contribution is 6.39. The lowest BCUT2D eigenvalue weighted by Crippen LogP contribution is -2.60. The van der Waals surface area contributed by atoms with E-state index in [1.54, 1.807) is 66.0 Å². The van der Waals surface area contributed by atoms with E-state index in [0.717, 1.165) is 4.90 Å². The molecule has 0 radical (unpaired) electrons. The summed E-state index contributed by atoms with van der Waals surface area (Å²) in [5.74, 6) is -8.70. The van der Waals surface area contributed by atoms with Crippen LogP contribution in [0.25, 0.3) is 0 Å². The van der Waals surface area contributed by atoms with Gasteiger partial charge >= 0.3 is 5.97 Å². The van der Waals surface area contributed by atoms with Gasteiger partial charge in [-0.25, -0.2) is 4.79 Å². The van der Waals surface area contributed by atoms with Crippen LogP contribution in [0.5, 0.6) is 0 Å². The standard InChI is InChI=1S/C50H75NO13/c1-29-15-11-10-12-16-30(2)40(53)27-37-20-18-35(7)50(60,64-37)47(57)48(58)51-22-14-13-17-38(51)49(59)63-42(32(4)25-36-19-21-39(52)43(26-36)61-8)28-41(54)31(3)24-34(6)45(56)46(62-9)44(55)33(5)23-29/h10-12,15-16,24,29,31-33,35-39,42-43,45-46,52,56,60H,13-14,17-23,25-28H2,1-9H3/b12-10+,15-11+,30-16+,34-24+/t29-,31-,32-,33-,35-,36+,37+,38+,39?,42?,43-,45-,46+,50-/m1/s1. The maximum Gasteiger partial charge on any atom is 0.329 e. The molecule has 0 aromatic carbocycles. The van der Waals surface area contributed by atoms with Gasteiger partial charge in [0, 0.05) is 51.4 Å². The Hall–Kier alpha value is -3.66. The first kappa shape index (κ1) is 53.0. The zero-order valence-corrected chi connectivity index (χ0v) is 39.5. The third-order valence-electron chi connectivity index (χ3n) is 14.0. The Kier molecular flexibility index (Phi) is 20.0. The van der Waals surface area contributed by atoms with Crippen LogP contribution in [0.1, 0.15) is 126 Å². The van der Waals surface area contributed by atoms with E-state index < -0.39 is 77.8 Å². The molecule has 3 fully saturated rings. The molecule has 4 aliphatic rings. The third-order valence-corrected chi connectivity index (χ3v) is 14.0. The van der Waals surface area contributed by atoms with Crippen molar-refractivity contribution in [3.63, 3.8) is 0 Å². The van der Waals surface area contributed by atoms with Gasteiger partial charge in [0.1, 0.15) is 30.1 Å². The van der Waals surface area contributed by atoms with Crippen LogP contribution in [0.2, 0.25) is 0 Å². The Balaban J connectivity index is 1.69. The van der Waals surface area contributed by atoms with Crippen LogP contribution < -0.4 is 0 Å². The highest BCUT2D eigenvalue weighted by Gasteiger charge is 2.53. The smallest absolute Gasteiger partial charge is 0.329 e. The van der Waals surface area contributed by atoms with Gasteiger partial charge in [0.25, 0.3) is 11.7 Å². The lowest BCUT2D eigenvalue weighted by Gasteiger charge is -2.42. The Morgan fingerprint density at radius 3 is 2.28 bits per heavy atom. The number of esters is 1. The number of amides is 1. The molecule has 14 atom stereocenters. The summed E-state index contributed by atoms with van der Waals surface area (Å²) in [6.45, 7) is 12.3. The van der Waals surface area contributed by atoms with E-state index >= 15 is 0 Å². The summed E-state index contributed by atoms with van der Waals surface area (Å²) in [6.07, 6.45) is 9.74. The fraction of sp³-hybridized carbons (Fsp3) is 0.720. The first-order valence-corrected chi connectivity index (χ1v) is 23.4. The average molecular weight is 898 g/mol. The van der Waals surface area contributed by atoms with Crippen molar-refractivity contribution in [2.24, 2.45) is 35.5 Å². The topological polar surface area (TPSA) is 203 Å². The number of fused-ring (bicyclic) bond motifs is 3. The molecule has 2 unspecified atom stereocenters. The van der Waals surface area contributed by atoms with E-state index in [1.807, 2.05) is 26.0 Å². The summed E-state index contributed by atoms with van der Waals surface area (Å²) >= 11 is 0. The van der Waals surface area contributed by atoms with E-state index in [4.69, 9.17) is 18.9 Å². The number of nitrogens with zero attached hydrogens (tertiary/aromatic N) is 1. The molecule has 0 aromatic heterocycles. The largest absolute Gasteiger partial charge is 0.460 e. The van der Waals surface area contributed by atoms with Gasteiger partial charge in [-0.05, 0) is 107 Å². The third kappa shape index (κ3) is 13.7. The molecule has 14 heteroatoms.